The second kappa shape index (κ2) is 12.9. The monoisotopic (exact) mass is 381 g/mol. The molecule has 0 spiro atoms. The van der Waals surface area contributed by atoms with Crippen LogP contribution in [0, 0.1) is 0 Å². The summed E-state index contributed by atoms with van der Waals surface area (Å²) in [6.45, 7) is 14.4. The molecule has 0 radical (unpaired) electrons. The van der Waals surface area contributed by atoms with E-state index >= 15 is 0 Å². The maximum Gasteiger partial charge on any atom is 0.161 e. The van der Waals surface area contributed by atoms with Crippen LogP contribution in [0.2, 0.25) is 0 Å². The Morgan fingerprint density at radius 1 is 1.15 bits per heavy atom. The van der Waals surface area contributed by atoms with Crippen molar-refractivity contribution in [2.45, 2.75) is 46.4 Å². The van der Waals surface area contributed by atoms with Gasteiger partial charge in [-0.3, -0.25) is 0 Å². The Morgan fingerprint density at radius 2 is 1.85 bits per heavy atom. The highest BCUT2D eigenvalue weighted by Crippen LogP contribution is 2.28. The minimum absolute atomic E-state index is 0.245. The summed E-state index contributed by atoms with van der Waals surface area (Å²) >= 11 is 0. The lowest BCUT2D eigenvalue weighted by molar-refractivity contribution is 0.0668. The molecule has 6 nitrogen and oxygen atoms in total. The molecule has 0 aliphatic heterocycles. The van der Waals surface area contributed by atoms with Crippen LogP contribution in [0.3, 0.4) is 0 Å². The molecule has 0 fully saturated rings. The molecular formula is C21H39N3O3. The van der Waals surface area contributed by atoms with Gasteiger partial charge in [-0.15, -0.1) is 0 Å². The van der Waals surface area contributed by atoms with Crippen molar-refractivity contribution in [2.75, 3.05) is 53.5 Å². The third-order valence-electron chi connectivity index (χ3n) is 4.87. The minimum Gasteiger partial charge on any atom is -0.493 e. The predicted molar refractivity (Wildman–Crippen MR) is 112 cm³/mol. The van der Waals surface area contributed by atoms with Crippen molar-refractivity contribution >= 4 is 0 Å². The van der Waals surface area contributed by atoms with E-state index in [0.29, 0.717) is 24.1 Å². The number of rotatable bonds is 14. The zero-order valence-electron chi connectivity index (χ0n) is 18.0. The van der Waals surface area contributed by atoms with Crippen LogP contribution in [0.4, 0.5) is 0 Å². The molecule has 1 aromatic rings. The van der Waals surface area contributed by atoms with Crippen molar-refractivity contribution in [1.82, 2.24) is 15.1 Å². The van der Waals surface area contributed by atoms with Crippen LogP contribution in [-0.2, 0) is 6.54 Å². The molecule has 0 bridgehead atoms. The number of nitrogens with zero attached hydrogens (tertiary/aromatic N) is 2. The summed E-state index contributed by atoms with van der Waals surface area (Å²) in [6.07, 6.45) is -0.538. The van der Waals surface area contributed by atoms with E-state index in [1.54, 1.807) is 7.11 Å². The van der Waals surface area contributed by atoms with Gasteiger partial charge in [-0.1, -0.05) is 19.9 Å². The molecule has 0 heterocycles. The number of ether oxygens (including phenoxy) is 2. The third-order valence-corrected chi connectivity index (χ3v) is 4.87. The summed E-state index contributed by atoms with van der Waals surface area (Å²) in [7, 11) is 3.64. The first-order chi connectivity index (χ1) is 12.9. The molecule has 156 valence electrons. The molecule has 2 N–H and O–H groups in total. The molecule has 0 saturated carbocycles. The molecule has 6 heteroatoms. The van der Waals surface area contributed by atoms with Crippen molar-refractivity contribution in [1.29, 1.82) is 0 Å². The highest BCUT2D eigenvalue weighted by Gasteiger charge is 2.13. The van der Waals surface area contributed by atoms with Gasteiger partial charge in [0.05, 0.1) is 7.11 Å². The van der Waals surface area contributed by atoms with Gasteiger partial charge in [0.15, 0.2) is 11.5 Å². The Hall–Kier alpha value is -1.34. The Kier molecular flexibility index (Phi) is 11.4. The lowest BCUT2D eigenvalue weighted by Gasteiger charge is -2.24. The molecule has 0 saturated heterocycles. The SMILES string of the molecule is CCN(CC)CCNCc1ccc(OC[C@@H](O)CN(C)C(C)C)c(OC)c1. The van der Waals surface area contributed by atoms with Crippen molar-refractivity contribution in [3.05, 3.63) is 23.8 Å². The average Bonchev–Trinajstić information content (AvgIpc) is 2.66. The van der Waals surface area contributed by atoms with Crippen LogP contribution in [0.15, 0.2) is 18.2 Å². The van der Waals surface area contributed by atoms with Gasteiger partial charge in [0, 0.05) is 32.2 Å². The number of nitrogens with one attached hydrogen (secondary N) is 1. The van der Waals surface area contributed by atoms with Crippen LogP contribution < -0.4 is 14.8 Å². The van der Waals surface area contributed by atoms with E-state index in [4.69, 9.17) is 9.47 Å². The molecule has 0 aliphatic rings. The van der Waals surface area contributed by atoms with Gasteiger partial charge in [0.25, 0.3) is 0 Å². The van der Waals surface area contributed by atoms with Gasteiger partial charge in [-0.25, -0.2) is 0 Å². The molecule has 27 heavy (non-hydrogen) atoms. The second-order valence-electron chi connectivity index (χ2n) is 7.19. The predicted octanol–water partition coefficient (Wildman–Crippen LogP) is 2.21. The van der Waals surface area contributed by atoms with Crippen LogP contribution in [0.1, 0.15) is 33.3 Å². The summed E-state index contributed by atoms with van der Waals surface area (Å²) in [5, 5.41) is 13.6. The van der Waals surface area contributed by atoms with E-state index in [1.165, 1.54) is 0 Å². The van der Waals surface area contributed by atoms with E-state index in [-0.39, 0.29) is 6.61 Å². The van der Waals surface area contributed by atoms with Crippen molar-refractivity contribution < 1.29 is 14.6 Å². The van der Waals surface area contributed by atoms with Crippen molar-refractivity contribution in [3.63, 3.8) is 0 Å². The first kappa shape index (κ1) is 23.7. The summed E-state index contributed by atoms with van der Waals surface area (Å²) in [5.41, 5.74) is 1.15. The molecule has 1 atom stereocenters. The number of aliphatic hydroxyl groups is 1. The summed E-state index contributed by atoms with van der Waals surface area (Å²) < 4.78 is 11.2. The molecule has 0 aliphatic carbocycles. The number of hydrogen-bond acceptors (Lipinski definition) is 6. The highest BCUT2D eigenvalue weighted by atomic mass is 16.5. The molecule has 0 unspecified atom stereocenters. The molecule has 1 rings (SSSR count). The van der Waals surface area contributed by atoms with Crippen LogP contribution in [0.5, 0.6) is 11.5 Å². The number of benzene rings is 1. The zero-order chi connectivity index (χ0) is 20.2. The van der Waals surface area contributed by atoms with E-state index in [9.17, 15) is 5.11 Å². The maximum atomic E-state index is 10.2. The first-order valence-corrected chi connectivity index (χ1v) is 10.0. The number of likely N-dealkylation sites (N-methyl/N-ethyl adjacent to an activating group) is 2. The Labute approximate surface area is 165 Å². The normalized spacial score (nSPS) is 12.8. The van der Waals surface area contributed by atoms with Gasteiger partial charge >= 0.3 is 0 Å². The van der Waals surface area contributed by atoms with E-state index in [1.807, 2.05) is 25.2 Å². The van der Waals surface area contributed by atoms with Crippen molar-refractivity contribution in [3.8, 4) is 11.5 Å². The number of hydrogen-bond donors (Lipinski definition) is 2. The summed E-state index contributed by atoms with van der Waals surface area (Å²) in [5.74, 6) is 1.36. The third kappa shape index (κ3) is 8.93. The summed E-state index contributed by atoms with van der Waals surface area (Å²) in [6, 6.07) is 6.34. The second-order valence-corrected chi connectivity index (χ2v) is 7.19. The van der Waals surface area contributed by atoms with E-state index in [0.717, 1.165) is 38.3 Å². The number of methoxy groups -OCH3 is 1. The van der Waals surface area contributed by atoms with Gasteiger partial charge in [-0.2, -0.15) is 0 Å². The topological polar surface area (TPSA) is 57.2 Å². The Bertz CT molecular complexity index is 521. The Morgan fingerprint density at radius 3 is 2.44 bits per heavy atom. The number of aliphatic hydroxyl groups excluding tert-OH is 1. The lowest BCUT2D eigenvalue weighted by Crippen LogP contribution is -2.36. The quantitative estimate of drug-likeness (QED) is 0.482. The first-order valence-electron chi connectivity index (χ1n) is 10.0. The van der Waals surface area contributed by atoms with Crippen LogP contribution in [-0.4, -0.2) is 80.5 Å². The fraction of sp³-hybridized carbons (Fsp3) is 0.714. The fourth-order valence-corrected chi connectivity index (χ4v) is 2.73. The van der Waals surface area contributed by atoms with Crippen molar-refractivity contribution in [2.24, 2.45) is 0 Å². The van der Waals surface area contributed by atoms with Gasteiger partial charge in [-0.05, 0) is 51.7 Å². The standard InChI is InChI=1S/C21H39N3O3/c1-7-24(8-2)12-11-22-14-18-9-10-20(21(13-18)26-6)27-16-19(25)15-23(5)17(3)4/h9-10,13,17,19,22,25H,7-8,11-12,14-16H2,1-6H3/t19-/m0/s1. The van der Waals surface area contributed by atoms with Crippen LogP contribution >= 0.6 is 0 Å². The minimum atomic E-state index is -0.538. The molecule has 1 aromatic carbocycles. The lowest BCUT2D eigenvalue weighted by atomic mass is 10.2. The smallest absolute Gasteiger partial charge is 0.161 e. The zero-order valence-corrected chi connectivity index (χ0v) is 18.0. The fourth-order valence-electron chi connectivity index (χ4n) is 2.73. The maximum absolute atomic E-state index is 10.2. The molecule has 0 amide bonds. The van der Waals surface area contributed by atoms with Gasteiger partial charge in [0.1, 0.15) is 12.7 Å². The van der Waals surface area contributed by atoms with Crippen LogP contribution in [0.25, 0.3) is 0 Å². The molecular weight excluding hydrogens is 342 g/mol. The largest absolute Gasteiger partial charge is 0.493 e. The average molecular weight is 382 g/mol. The van der Waals surface area contributed by atoms with Gasteiger partial charge < -0.3 is 29.7 Å². The van der Waals surface area contributed by atoms with Gasteiger partial charge in [0.2, 0.25) is 0 Å². The molecule has 0 aromatic heterocycles. The van der Waals surface area contributed by atoms with E-state index in [2.05, 4.69) is 42.8 Å². The van der Waals surface area contributed by atoms with E-state index < -0.39 is 6.10 Å². The highest BCUT2D eigenvalue weighted by molar-refractivity contribution is 5.43. The Balaban J connectivity index is 2.49. The summed E-state index contributed by atoms with van der Waals surface area (Å²) in [4.78, 5) is 4.49.